The molecule has 0 aromatic heterocycles. The van der Waals surface area contributed by atoms with Crippen LogP contribution in [0.4, 0.5) is 0 Å². The molecule has 0 unspecified atom stereocenters. The van der Waals surface area contributed by atoms with Crippen molar-refractivity contribution in [1.82, 2.24) is 0 Å². The summed E-state index contributed by atoms with van der Waals surface area (Å²) < 4.78 is 5.61. The second kappa shape index (κ2) is 3.20. The maximum Gasteiger partial charge on any atom is 0.182 e. The van der Waals surface area contributed by atoms with E-state index in [9.17, 15) is 0 Å². The summed E-state index contributed by atoms with van der Waals surface area (Å²) in [6, 6.07) is 14.5. The Morgan fingerprint density at radius 2 is 1.27 bits per heavy atom. The zero-order valence-corrected chi connectivity index (χ0v) is 7.84. The summed E-state index contributed by atoms with van der Waals surface area (Å²) >= 11 is 0. The number of hydrogen-bond acceptors (Lipinski definition) is 3. The van der Waals surface area contributed by atoms with E-state index in [1.165, 1.54) is 0 Å². The molecule has 0 fully saturated rings. The van der Waals surface area contributed by atoms with Crippen LogP contribution in [0, 0.1) is 0 Å². The van der Waals surface area contributed by atoms with Gasteiger partial charge in [-0.1, -0.05) is 6.07 Å². The molecule has 74 valence electrons. The highest BCUT2D eigenvalue weighted by Crippen LogP contribution is 2.28. The largest absolute Gasteiger partial charge is 0.457 e. The topological polar surface area (TPSA) is 27.7 Å². The third-order valence-corrected chi connectivity index (χ3v) is 2.10. The normalized spacial score (nSPS) is 12.3. The van der Waals surface area contributed by atoms with Crippen LogP contribution in [0.5, 0.6) is 23.0 Å². The second-order valence-corrected chi connectivity index (χ2v) is 3.21. The molecular weight excluding hydrogens is 192 g/mol. The summed E-state index contributed by atoms with van der Waals surface area (Å²) in [4.78, 5) is 10.2. The number of hydrogen-bond donors (Lipinski definition) is 0. The molecule has 0 atom stereocenters. The van der Waals surface area contributed by atoms with E-state index >= 15 is 0 Å². The van der Waals surface area contributed by atoms with Crippen LogP contribution in [0.25, 0.3) is 0 Å². The molecule has 0 aliphatic carbocycles. The van der Waals surface area contributed by atoms with E-state index in [0.29, 0.717) is 11.5 Å². The molecule has 2 aliphatic rings. The van der Waals surface area contributed by atoms with Gasteiger partial charge in [0.25, 0.3) is 0 Å². The summed E-state index contributed by atoms with van der Waals surface area (Å²) in [5.74, 6) is 2.77. The van der Waals surface area contributed by atoms with Crippen LogP contribution in [0.2, 0.25) is 0 Å². The molecule has 4 bridgehead atoms. The third-order valence-electron chi connectivity index (χ3n) is 2.10. The molecule has 15 heavy (non-hydrogen) atoms. The molecule has 0 spiro atoms. The maximum absolute atomic E-state index is 5.61. The van der Waals surface area contributed by atoms with E-state index in [4.69, 9.17) is 14.5 Å². The van der Waals surface area contributed by atoms with Gasteiger partial charge in [-0.25, -0.2) is 0 Å². The monoisotopic (exact) mass is 200 g/mol. The van der Waals surface area contributed by atoms with E-state index < -0.39 is 0 Å². The second-order valence-electron chi connectivity index (χ2n) is 3.21. The van der Waals surface area contributed by atoms with Gasteiger partial charge in [0.2, 0.25) is 0 Å². The SMILES string of the molecule is c1cc2cc(c1)Oc1ccc(cc1)OO2. The van der Waals surface area contributed by atoms with Crippen molar-refractivity contribution in [1.29, 1.82) is 0 Å². The summed E-state index contributed by atoms with van der Waals surface area (Å²) in [6.07, 6.45) is 0. The zero-order chi connectivity index (χ0) is 10.1. The van der Waals surface area contributed by atoms with Crippen LogP contribution in [0.1, 0.15) is 0 Å². The molecule has 2 aromatic carbocycles. The van der Waals surface area contributed by atoms with E-state index in [2.05, 4.69) is 0 Å². The van der Waals surface area contributed by atoms with Crippen molar-refractivity contribution in [3.05, 3.63) is 48.5 Å². The van der Waals surface area contributed by atoms with Crippen molar-refractivity contribution in [2.24, 2.45) is 0 Å². The van der Waals surface area contributed by atoms with Crippen molar-refractivity contribution in [2.75, 3.05) is 0 Å². The fraction of sp³-hybridized carbons (Fsp3) is 0. The van der Waals surface area contributed by atoms with Crippen molar-refractivity contribution in [2.45, 2.75) is 0 Å². The number of benzene rings is 2. The molecule has 3 heteroatoms. The van der Waals surface area contributed by atoms with E-state index in [1.807, 2.05) is 24.3 Å². The van der Waals surface area contributed by atoms with Crippen LogP contribution in [0.15, 0.2) is 48.5 Å². The van der Waals surface area contributed by atoms with Crippen molar-refractivity contribution >= 4 is 0 Å². The molecule has 0 radical (unpaired) electrons. The molecule has 0 saturated carbocycles. The van der Waals surface area contributed by atoms with Gasteiger partial charge in [-0.3, -0.25) is 9.78 Å². The zero-order valence-electron chi connectivity index (χ0n) is 7.84. The average molecular weight is 200 g/mol. The summed E-state index contributed by atoms with van der Waals surface area (Å²) in [6.45, 7) is 0. The summed E-state index contributed by atoms with van der Waals surface area (Å²) in [5, 5.41) is 0. The van der Waals surface area contributed by atoms with Gasteiger partial charge in [-0.05, 0) is 36.4 Å². The lowest BCUT2D eigenvalue weighted by Crippen LogP contribution is -2.01. The average Bonchev–Trinajstić information content (AvgIpc) is 2.29. The lowest BCUT2D eigenvalue weighted by Gasteiger charge is -2.11. The number of ether oxygens (including phenoxy) is 1. The fourth-order valence-electron chi connectivity index (χ4n) is 1.39. The molecule has 0 saturated heterocycles. The van der Waals surface area contributed by atoms with Crippen LogP contribution in [0.3, 0.4) is 0 Å². The Labute approximate surface area is 86.8 Å². The highest BCUT2D eigenvalue weighted by atomic mass is 17.2. The Morgan fingerprint density at radius 1 is 0.600 bits per heavy atom. The van der Waals surface area contributed by atoms with Gasteiger partial charge < -0.3 is 4.74 Å². The first-order valence-corrected chi connectivity index (χ1v) is 4.63. The lowest BCUT2D eigenvalue weighted by molar-refractivity contribution is -0.100. The summed E-state index contributed by atoms with van der Waals surface area (Å²) in [7, 11) is 0. The minimum atomic E-state index is 0.620. The number of rotatable bonds is 0. The first-order chi connectivity index (χ1) is 7.40. The molecule has 2 aliphatic heterocycles. The van der Waals surface area contributed by atoms with Gasteiger partial charge in [-0.2, -0.15) is 0 Å². The van der Waals surface area contributed by atoms with Crippen LogP contribution < -0.4 is 14.5 Å². The minimum Gasteiger partial charge on any atom is -0.457 e. The molecular formula is C12H8O3. The Balaban J connectivity index is 2.10. The Hall–Kier alpha value is -2.16. The van der Waals surface area contributed by atoms with E-state index in [0.717, 1.165) is 11.5 Å². The molecule has 2 aromatic rings. The number of fused-ring (bicyclic) bond motifs is 3. The Kier molecular flexibility index (Phi) is 1.75. The predicted octanol–water partition coefficient (Wildman–Crippen LogP) is 3.17. The molecule has 2 heterocycles. The van der Waals surface area contributed by atoms with Crippen LogP contribution >= 0.6 is 0 Å². The first kappa shape index (κ1) is 8.17. The highest BCUT2D eigenvalue weighted by Gasteiger charge is 2.05. The van der Waals surface area contributed by atoms with Crippen molar-refractivity contribution in [3.63, 3.8) is 0 Å². The van der Waals surface area contributed by atoms with E-state index in [1.54, 1.807) is 24.3 Å². The Bertz CT molecular complexity index is 476. The molecule has 0 N–H and O–H groups in total. The smallest absolute Gasteiger partial charge is 0.182 e. The predicted molar refractivity (Wildman–Crippen MR) is 54.2 cm³/mol. The first-order valence-electron chi connectivity index (χ1n) is 4.63. The van der Waals surface area contributed by atoms with Gasteiger partial charge >= 0.3 is 0 Å². The maximum atomic E-state index is 5.61. The van der Waals surface area contributed by atoms with Crippen LogP contribution in [-0.2, 0) is 0 Å². The standard InChI is InChI=1S/C12H8O3/c1-2-11-8-12(3-1)15-14-10-6-4-9(13-11)5-7-10/h1-8H. The Morgan fingerprint density at radius 3 is 2.13 bits per heavy atom. The molecule has 4 rings (SSSR count). The lowest BCUT2D eigenvalue weighted by atomic mass is 10.3. The molecule has 3 nitrogen and oxygen atoms in total. The van der Waals surface area contributed by atoms with Crippen molar-refractivity contribution in [3.8, 4) is 23.0 Å². The fourth-order valence-corrected chi connectivity index (χ4v) is 1.39. The van der Waals surface area contributed by atoms with Gasteiger partial charge in [0.05, 0.1) is 0 Å². The summed E-state index contributed by atoms with van der Waals surface area (Å²) in [5.41, 5.74) is 0. The van der Waals surface area contributed by atoms with Gasteiger partial charge in [0, 0.05) is 6.07 Å². The highest BCUT2D eigenvalue weighted by molar-refractivity contribution is 5.39. The minimum absolute atomic E-state index is 0.620. The van der Waals surface area contributed by atoms with Gasteiger partial charge in [-0.15, -0.1) is 0 Å². The van der Waals surface area contributed by atoms with Gasteiger partial charge in [0.15, 0.2) is 11.5 Å². The van der Waals surface area contributed by atoms with Crippen LogP contribution in [-0.4, -0.2) is 0 Å². The molecule has 0 amide bonds. The van der Waals surface area contributed by atoms with E-state index in [-0.39, 0.29) is 0 Å². The quantitative estimate of drug-likeness (QED) is 0.611. The van der Waals surface area contributed by atoms with Gasteiger partial charge in [0.1, 0.15) is 11.5 Å². The third kappa shape index (κ3) is 1.59. The van der Waals surface area contributed by atoms with Crippen molar-refractivity contribution < 1.29 is 14.5 Å².